The SMILES string of the molecule is N#CC(C#N)=C1c2cc([N+](=O)[O-])ccc2-c2c(C(=O)OCC(F)(F)C(F)(F)C(F)(F)C(F)(F)F)cc([N+](=O)[O-])cc21. The summed E-state index contributed by atoms with van der Waals surface area (Å²) in [5, 5.41) is 41.4. The number of carbonyl (C=O) groups is 1. The summed E-state index contributed by atoms with van der Waals surface area (Å²) in [6.45, 7) is -3.06. The van der Waals surface area contributed by atoms with E-state index in [1.165, 1.54) is 12.1 Å². The fourth-order valence-electron chi connectivity index (χ4n) is 3.73. The van der Waals surface area contributed by atoms with Gasteiger partial charge < -0.3 is 4.74 Å². The molecule has 0 aliphatic heterocycles. The molecule has 0 bridgehead atoms. The Hall–Kier alpha value is -5.20. The molecule has 19 heteroatoms. The Balaban J connectivity index is 2.21. The van der Waals surface area contributed by atoms with Gasteiger partial charge in [0.1, 0.15) is 17.7 Å². The Morgan fingerprint density at radius 1 is 0.805 bits per heavy atom. The lowest BCUT2D eigenvalue weighted by molar-refractivity contribution is -0.398. The van der Waals surface area contributed by atoms with Gasteiger partial charge in [-0.2, -0.15) is 50.0 Å². The predicted octanol–water partition coefficient (Wildman–Crippen LogP) is 5.96. The van der Waals surface area contributed by atoms with Crippen LogP contribution in [0.15, 0.2) is 35.9 Å². The standard InChI is InChI=1S/C22H7F9N4O6/c23-19(24,20(25,26)21(27,28)22(29,30)31)8-41-18(36)15-5-11(35(39)40)4-14-16(9(6-32)7-33)13-3-10(34(37)38)1-2-12(13)17(14)15/h1-5H,8H2. The molecule has 0 N–H and O–H groups in total. The van der Waals surface area contributed by atoms with Crippen LogP contribution < -0.4 is 0 Å². The summed E-state index contributed by atoms with van der Waals surface area (Å²) >= 11 is 0. The van der Waals surface area contributed by atoms with Crippen LogP contribution in [0.3, 0.4) is 0 Å². The summed E-state index contributed by atoms with van der Waals surface area (Å²) in [5.41, 5.74) is -5.76. The van der Waals surface area contributed by atoms with E-state index in [0.717, 1.165) is 18.2 Å². The van der Waals surface area contributed by atoms with Gasteiger partial charge >= 0.3 is 29.9 Å². The second-order valence-electron chi connectivity index (χ2n) is 8.06. The Morgan fingerprint density at radius 2 is 1.34 bits per heavy atom. The van der Waals surface area contributed by atoms with Gasteiger partial charge in [0.05, 0.1) is 15.4 Å². The van der Waals surface area contributed by atoms with Gasteiger partial charge in [-0.1, -0.05) is 0 Å². The van der Waals surface area contributed by atoms with Crippen molar-refractivity contribution in [2.24, 2.45) is 0 Å². The van der Waals surface area contributed by atoms with Crippen LogP contribution in [0.4, 0.5) is 50.9 Å². The van der Waals surface area contributed by atoms with Crippen LogP contribution in [-0.4, -0.2) is 46.4 Å². The number of nitrogens with zero attached hydrogens (tertiary/aromatic N) is 4. The lowest BCUT2D eigenvalue weighted by Gasteiger charge is -2.33. The molecule has 0 fully saturated rings. The first-order valence-corrected chi connectivity index (χ1v) is 10.3. The van der Waals surface area contributed by atoms with E-state index in [1.807, 2.05) is 0 Å². The maximum atomic E-state index is 13.9. The number of carbonyl (C=O) groups excluding carboxylic acids is 1. The number of ether oxygens (including phenoxy) is 1. The fraction of sp³-hybridized carbons (Fsp3) is 0.227. The molecule has 0 radical (unpaired) electrons. The van der Waals surface area contributed by atoms with Gasteiger partial charge in [-0.3, -0.25) is 20.2 Å². The molecule has 0 aromatic heterocycles. The van der Waals surface area contributed by atoms with Crippen molar-refractivity contribution in [3.8, 4) is 23.3 Å². The molecule has 10 nitrogen and oxygen atoms in total. The highest BCUT2D eigenvalue weighted by Gasteiger charge is 2.82. The van der Waals surface area contributed by atoms with Crippen molar-refractivity contribution in [1.29, 1.82) is 10.5 Å². The predicted molar refractivity (Wildman–Crippen MR) is 114 cm³/mol. The van der Waals surface area contributed by atoms with Crippen molar-refractivity contribution in [2.75, 3.05) is 6.61 Å². The normalized spacial score (nSPS) is 13.0. The van der Waals surface area contributed by atoms with Crippen LogP contribution in [0.25, 0.3) is 16.7 Å². The average molecular weight is 594 g/mol. The molecule has 0 heterocycles. The number of nitro benzene ring substituents is 2. The van der Waals surface area contributed by atoms with Crippen molar-refractivity contribution >= 4 is 22.9 Å². The van der Waals surface area contributed by atoms with Crippen molar-refractivity contribution in [1.82, 2.24) is 0 Å². The second-order valence-corrected chi connectivity index (χ2v) is 8.06. The van der Waals surface area contributed by atoms with E-state index < -0.39 is 85.6 Å². The second kappa shape index (κ2) is 9.77. The van der Waals surface area contributed by atoms with Crippen molar-refractivity contribution in [3.05, 3.63) is 72.8 Å². The molecule has 1 aliphatic rings. The average Bonchev–Trinajstić information content (AvgIpc) is 3.20. The number of non-ortho nitro benzene ring substituents is 2. The third-order valence-electron chi connectivity index (χ3n) is 5.64. The molecular weight excluding hydrogens is 587 g/mol. The monoisotopic (exact) mass is 594 g/mol. The maximum absolute atomic E-state index is 13.9. The zero-order valence-corrected chi connectivity index (χ0v) is 19.2. The lowest BCUT2D eigenvalue weighted by atomic mass is 9.96. The molecule has 2 aromatic rings. The summed E-state index contributed by atoms with van der Waals surface area (Å²) < 4.78 is 122. The van der Waals surface area contributed by atoms with Crippen LogP contribution in [0.1, 0.15) is 21.5 Å². The molecule has 214 valence electrons. The van der Waals surface area contributed by atoms with E-state index >= 15 is 0 Å². The van der Waals surface area contributed by atoms with E-state index in [0.29, 0.717) is 12.1 Å². The molecule has 0 spiro atoms. The third-order valence-corrected chi connectivity index (χ3v) is 5.64. The Morgan fingerprint density at radius 3 is 1.83 bits per heavy atom. The van der Waals surface area contributed by atoms with Crippen molar-refractivity contribution < 1.29 is 58.9 Å². The van der Waals surface area contributed by atoms with Gasteiger partial charge in [-0.05, 0) is 22.8 Å². The number of nitro groups is 2. The van der Waals surface area contributed by atoms with E-state index in [1.54, 1.807) is 0 Å². The minimum Gasteiger partial charge on any atom is -0.455 e. The highest BCUT2D eigenvalue weighted by atomic mass is 19.4. The van der Waals surface area contributed by atoms with E-state index in [2.05, 4.69) is 4.74 Å². The van der Waals surface area contributed by atoms with Crippen LogP contribution in [0, 0.1) is 42.9 Å². The highest BCUT2D eigenvalue weighted by Crippen LogP contribution is 2.53. The first-order chi connectivity index (χ1) is 18.7. The van der Waals surface area contributed by atoms with Crippen LogP contribution in [0.5, 0.6) is 0 Å². The van der Waals surface area contributed by atoms with Crippen molar-refractivity contribution in [3.63, 3.8) is 0 Å². The minimum absolute atomic E-state index is 0.272. The number of hydrogen-bond donors (Lipinski definition) is 0. The Kier molecular flexibility index (Phi) is 7.23. The Labute approximate surface area is 219 Å². The molecule has 2 aromatic carbocycles. The lowest BCUT2D eigenvalue weighted by Crippen LogP contribution is -2.62. The zero-order valence-electron chi connectivity index (χ0n) is 19.2. The molecule has 0 saturated heterocycles. The van der Waals surface area contributed by atoms with Gasteiger partial charge in [0.2, 0.25) is 0 Å². The summed E-state index contributed by atoms with van der Waals surface area (Å²) in [7, 11) is 0. The molecule has 3 rings (SSSR count). The van der Waals surface area contributed by atoms with Crippen LogP contribution in [-0.2, 0) is 4.74 Å². The van der Waals surface area contributed by atoms with Gasteiger partial charge in [-0.15, -0.1) is 0 Å². The zero-order chi connectivity index (χ0) is 31.3. The first-order valence-electron chi connectivity index (χ1n) is 10.3. The summed E-state index contributed by atoms with van der Waals surface area (Å²) in [6.07, 6.45) is -7.14. The van der Waals surface area contributed by atoms with Gasteiger partial charge in [-0.25, -0.2) is 4.79 Å². The van der Waals surface area contributed by atoms with Gasteiger partial charge in [0.15, 0.2) is 6.61 Å². The van der Waals surface area contributed by atoms with E-state index in [4.69, 9.17) is 0 Å². The fourth-order valence-corrected chi connectivity index (χ4v) is 3.73. The molecule has 41 heavy (non-hydrogen) atoms. The summed E-state index contributed by atoms with van der Waals surface area (Å²) in [5.74, 6) is -22.9. The number of allylic oxidation sites excluding steroid dienone is 1. The first kappa shape index (κ1) is 30.3. The van der Waals surface area contributed by atoms with Crippen LogP contribution in [0.2, 0.25) is 0 Å². The molecule has 1 aliphatic carbocycles. The number of fused-ring (bicyclic) bond motifs is 3. The van der Waals surface area contributed by atoms with Crippen molar-refractivity contribution in [2.45, 2.75) is 23.9 Å². The largest absolute Gasteiger partial charge is 0.460 e. The minimum atomic E-state index is -7.28. The topological polar surface area (TPSA) is 160 Å². The Bertz CT molecular complexity index is 1600. The third kappa shape index (κ3) is 4.75. The highest BCUT2D eigenvalue weighted by molar-refractivity contribution is 6.11. The number of nitriles is 2. The van der Waals surface area contributed by atoms with Gasteiger partial charge in [0, 0.05) is 35.4 Å². The van der Waals surface area contributed by atoms with Gasteiger partial charge in [0.25, 0.3) is 11.4 Å². The number of halogens is 9. The molecule has 0 amide bonds. The number of alkyl halides is 9. The summed E-state index contributed by atoms with van der Waals surface area (Å²) in [6, 6.07) is 6.40. The molecule has 0 saturated carbocycles. The molecule has 0 unspecified atom stereocenters. The van der Waals surface area contributed by atoms with Crippen LogP contribution >= 0.6 is 0 Å². The molecule has 0 atom stereocenters. The molecular formula is C22H7F9N4O6. The smallest absolute Gasteiger partial charge is 0.455 e. The van der Waals surface area contributed by atoms with E-state index in [9.17, 15) is 75.1 Å². The number of hydrogen-bond acceptors (Lipinski definition) is 8. The quantitative estimate of drug-likeness (QED) is 0.107. The summed E-state index contributed by atoms with van der Waals surface area (Å²) in [4.78, 5) is 33.3. The van der Waals surface area contributed by atoms with E-state index in [-0.39, 0.29) is 11.1 Å². The number of rotatable bonds is 7. The maximum Gasteiger partial charge on any atom is 0.460 e. The number of esters is 1. The number of benzene rings is 2.